The number of fused-ring (bicyclic) bond motifs is 1. The Morgan fingerprint density at radius 2 is 2.03 bits per heavy atom. The van der Waals surface area contributed by atoms with Gasteiger partial charge in [0.15, 0.2) is 12.0 Å². The molecule has 3 rings (SSSR count). The van der Waals surface area contributed by atoms with E-state index in [0.717, 1.165) is 44.9 Å². The molecule has 0 radical (unpaired) electrons. The molecule has 0 saturated heterocycles. The van der Waals surface area contributed by atoms with Crippen molar-refractivity contribution < 1.29 is 19.4 Å². The number of halogens is 1. The SMILES string of the molecule is CCC(O)(/C=C/CC(C)C1=CCC2/C(=C/C=C3/CC(O)CC(F)C3=O)CCCC12C)CC. The maximum absolute atomic E-state index is 13.9. The van der Waals surface area contributed by atoms with Crippen LogP contribution < -0.4 is 0 Å². The molecule has 0 aromatic rings. The van der Waals surface area contributed by atoms with Crippen LogP contribution in [0.25, 0.3) is 0 Å². The fraction of sp³-hybridized carbons (Fsp3) is 0.679. The van der Waals surface area contributed by atoms with Crippen LogP contribution in [0.15, 0.2) is 47.1 Å². The number of hydrogen-bond acceptors (Lipinski definition) is 3. The molecule has 178 valence electrons. The molecule has 3 aliphatic carbocycles. The van der Waals surface area contributed by atoms with Crippen molar-refractivity contribution >= 4 is 5.78 Å². The van der Waals surface area contributed by atoms with Gasteiger partial charge in [-0.25, -0.2) is 4.39 Å². The molecule has 2 N–H and O–H groups in total. The van der Waals surface area contributed by atoms with Crippen LogP contribution in [-0.4, -0.2) is 33.9 Å². The van der Waals surface area contributed by atoms with Gasteiger partial charge in [-0.05, 0) is 62.2 Å². The molecule has 3 aliphatic rings. The van der Waals surface area contributed by atoms with Gasteiger partial charge < -0.3 is 10.2 Å². The van der Waals surface area contributed by atoms with Gasteiger partial charge >= 0.3 is 0 Å². The highest BCUT2D eigenvalue weighted by Crippen LogP contribution is 2.56. The van der Waals surface area contributed by atoms with Gasteiger partial charge in [-0.2, -0.15) is 0 Å². The molecule has 2 fully saturated rings. The maximum atomic E-state index is 13.9. The van der Waals surface area contributed by atoms with E-state index in [1.165, 1.54) is 11.1 Å². The Labute approximate surface area is 193 Å². The highest BCUT2D eigenvalue weighted by atomic mass is 19.1. The van der Waals surface area contributed by atoms with Crippen LogP contribution in [0, 0.1) is 17.3 Å². The number of rotatable bonds is 7. The topological polar surface area (TPSA) is 57.5 Å². The van der Waals surface area contributed by atoms with Gasteiger partial charge in [-0.15, -0.1) is 0 Å². The first-order valence-electron chi connectivity index (χ1n) is 12.5. The summed E-state index contributed by atoms with van der Waals surface area (Å²) >= 11 is 0. The van der Waals surface area contributed by atoms with Crippen LogP contribution in [0.2, 0.25) is 0 Å². The number of allylic oxidation sites excluding steroid dienone is 6. The van der Waals surface area contributed by atoms with Gasteiger partial charge in [-0.3, -0.25) is 4.79 Å². The molecule has 5 atom stereocenters. The van der Waals surface area contributed by atoms with E-state index in [-0.39, 0.29) is 18.3 Å². The molecule has 32 heavy (non-hydrogen) atoms. The number of ketones is 1. The number of alkyl halides is 1. The normalized spacial score (nSPS) is 34.9. The van der Waals surface area contributed by atoms with Gasteiger partial charge in [0, 0.05) is 18.4 Å². The van der Waals surface area contributed by atoms with Gasteiger partial charge in [0.2, 0.25) is 0 Å². The summed E-state index contributed by atoms with van der Waals surface area (Å²) in [6.07, 6.45) is 14.8. The molecule has 0 aliphatic heterocycles. The van der Waals surface area contributed by atoms with Crippen molar-refractivity contribution in [2.24, 2.45) is 17.3 Å². The predicted octanol–water partition coefficient (Wildman–Crippen LogP) is 6.17. The Morgan fingerprint density at radius 3 is 2.72 bits per heavy atom. The van der Waals surface area contributed by atoms with Crippen LogP contribution in [0.3, 0.4) is 0 Å². The number of carbonyl (C=O) groups is 1. The van der Waals surface area contributed by atoms with Crippen molar-refractivity contribution in [3.05, 3.63) is 47.1 Å². The maximum Gasteiger partial charge on any atom is 0.193 e. The Hall–Kier alpha value is -1.52. The van der Waals surface area contributed by atoms with Gasteiger partial charge in [0.25, 0.3) is 0 Å². The fourth-order valence-electron chi connectivity index (χ4n) is 6.06. The van der Waals surface area contributed by atoms with Gasteiger partial charge in [0.05, 0.1) is 11.7 Å². The van der Waals surface area contributed by atoms with Crippen molar-refractivity contribution in [1.29, 1.82) is 0 Å². The molecule has 0 heterocycles. The zero-order chi connectivity index (χ0) is 23.5. The van der Waals surface area contributed by atoms with E-state index >= 15 is 0 Å². The second-order valence-corrected chi connectivity index (χ2v) is 10.4. The van der Waals surface area contributed by atoms with E-state index in [1.54, 1.807) is 6.08 Å². The van der Waals surface area contributed by atoms with E-state index in [1.807, 2.05) is 26.0 Å². The number of aliphatic hydroxyl groups is 2. The second kappa shape index (κ2) is 10.2. The van der Waals surface area contributed by atoms with E-state index < -0.39 is 23.7 Å². The third kappa shape index (κ3) is 5.17. The van der Waals surface area contributed by atoms with E-state index in [0.29, 0.717) is 17.4 Å². The highest BCUT2D eigenvalue weighted by molar-refractivity contribution is 5.99. The van der Waals surface area contributed by atoms with Crippen LogP contribution >= 0.6 is 0 Å². The van der Waals surface area contributed by atoms with Gasteiger partial charge in [-0.1, -0.05) is 69.2 Å². The monoisotopic (exact) mass is 444 g/mol. The van der Waals surface area contributed by atoms with E-state index in [2.05, 4.69) is 26.0 Å². The number of hydrogen-bond donors (Lipinski definition) is 2. The first kappa shape index (κ1) is 25.1. The standard InChI is InChI=1S/C28H41FO3/c1-5-28(32,6-2)16-7-9-19(3)23-13-14-24-20(10-8-15-27(23,24)4)11-12-21-17-22(30)18-25(29)26(21)31/h7,11-13,16,19,22,24-25,30,32H,5-6,8-10,14-15,17-18H2,1-4H3/b16-7+,20-11+,21-12-. The zero-order valence-corrected chi connectivity index (χ0v) is 20.2. The van der Waals surface area contributed by atoms with Crippen molar-refractivity contribution in [2.45, 2.75) is 103 Å². The summed E-state index contributed by atoms with van der Waals surface area (Å²) in [6, 6.07) is 0. The zero-order valence-electron chi connectivity index (χ0n) is 20.2. The molecule has 0 bridgehead atoms. The lowest BCUT2D eigenvalue weighted by Crippen LogP contribution is -2.33. The van der Waals surface area contributed by atoms with Crippen molar-refractivity contribution in [1.82, 2.24) is 0 Å². The Balaban J connectivity index is 1.73. The summed E-state index contributed by atoms with van der Waals surface area (Å²) in [4.78, 5) is 12.2. The summed E-state index contributed by atoms with van der Waals surface area (Å²) < 4.78 is 13.9. The summed E-state index contributed by atoms with van der Waals surface area (Å²) in [5, 5.41) is 20.4. The molecule has 0 aromatic heterocycles. The first-order chi connectivity index (χ1) is 15.1. The molecule has 3 nitrogen and oxygen atoms in total. The predicted molar refractivity (Wildman–Crippen MR) is 128 cm³/mol. The minimum absolute atomic E-state index is 0.0824. The number of aliphatic hydroxyl groups excluding tert-OH is 1. The molecular formula is C28H41FO3. The van der Waals surface area contributed by atoms with E-state index in [4.69, 9.17) is 0 Å². The fourth-order valence-corrected chi connectivity index (χ4v) is 6.06. The average Bonchev–Trinajstić information content (AvgIpc) is 3.12. The lowest BCUT2D eigenvalue weighted by Gasteiger charge is -2.42. The molecule has 4 heteroatoms. The van der Waals surface area contributed by atoms with Crippen LogP contribution in [-0.2, 0) is 4.79 Å². The number of carbonyl (C=O) groups excluding carboxylic acids is 1. The summed E-state index contributed by atoms with van der Waals surface area (Å²) in [5.41, 5.74) is 2.68. The third-order valence-corrected chi connectivity index (χ3v) is 8.32. The van der Waals surface area contributed by atoms with Crippen molar-refractivity contribution in [2.75, 3.05) is 0 Å². The largest absolute Gasteiger partial charge is 0.393 e. The minimum atomic E-state index is -1.58. The highest BCUT2D eigenvalue weighted by Gasteiger charge is 2.45. The van der Waals surface area contributed by atoms with Crippen molar-refractivity contribution in [3.8, 4) is 0 Å². The first-order valence-corrected chi connectivity index (χ1v) is 12.5. The van der Waals surface area contributed by atoms with E-state index in [9.17, 15) is 19.4 Å². The molecule has 0 amide bonds. The summed E-state index contributed by atoms with van der Waals surface area (Å²) in [7, 11) is 0. The van der Waals surface area contributed by atoms with Crippen LogP contribution in [0.4, 0.5) is 4.39 Å². The second-order valence-electron chi connectivity index (χ2n) is 10.4. The number of Topliss-reactive ketones (excluding diaryl/α,β-unsaturated/α-hetero) is 1. The lowest BCUT2D eigenvalue weighted by atomic mass is 9.62. The Kier molecular flexibility index (Phi) is 7.98. The van der Waals surface area contributed by atoms with Gasteiger partial charge in [0.1, 0.15) is 0 Å². The average molecular weight is 445 g/mol. The smallest absolute Gasteiger partial charge is 0.193 e. The minimum Gasteiger partial charge on any atom is -0.393 e. The molecule has 5 unspecified atom stereocenters. The quantitative estimate of drug-likeness (QED) is 0.365. The Morgan fingerprint density at radius 1 is 1.31 bits per heavy atom. The Bertz CT molecular complexity index is 817. The molecular weight excluding hydrogens is 403 g/mol. The lowest BCUT2D eigenvalue weighted by molar-refractivity contribution is -0.123. The summed E-state index contributed by atoms with van der Waals surface area (Å²) in [5.74, 6) is 0.373. The van der Waals surface area contributed by atoms with Crippen molar-refractivity contribution in [3.63, 3.8) is 0 Å². The summed E-state index contributed by atoms with van der Waals surface area (Å²) in [6.45, 7) is 8.69. The molecule has 0 aromatic carbocycles. The molecule has 2 saturated carbocycles. The van der Waals surface area contributed by atoms with Crippen LogP contribution in [0.5, 0.6) is 0 Å². The molecule has 0 spiro atoms. The van der Waals surface area contributed by atoms with Crippen LogP contribution in [0.1, 0.15) is 85.5 Å². The third-order valence-electron chi connectivity index (χ3n) is 8.32.